The smallest absolute Gasteiger partial charge is 0.302 e. The first-order chi connectivity index (χ1) is 7.56. The van der Waals surface area contributed by atoms with E-state index in [-0.39, 0.29) is 5.97 Å². The molecule has 6 heteroatoms. The minimum Gasteiger partial charge on any atom is -0.499 e. The summed E-state index contributed by atoms with van der Waals surface area (Å²) in [4.78, 5) is 20.6. The molecule has 0 aliphatic carbocycles. The second-order valence-corrected chi connectivity index (χ2v) is 4.95. The SMILES string of the molecule is COC(C)=O.O=Cc1cc2sc(O)cc2s1. The van der Waals surface area contributed by atoms with Crippen LogP contribution in [0.3, 0.4) is 0 Å². The first-order valence-corrected chi connectivity index (χ1v) is 5.92. The molecular weight excluding hydrogens is 248 g/mol. The van der Waals surface area contributed by atoms with Gasteiger partial charge in [-0.25, -0.2) is 0 Å². The summed E-state index contributed by atoms with van der Waals surface area (Å²) in [6.07, 6.45) is 0.828. The van der Waals surface area contributed by atoms with Crippen LogP contribution in [0.5, 0.6) is 5.06 Å². The minimum absolute atomic E-state index is 0.245. The fourth-order valence-electron chi connectivity index (χ4n) is 0.900. The highest BCUT2D eigenvalue weighted by molar-refractivity contribution is 7.29. The Morgan fingerprint density at radius 3 is 2.38 bits per heavy atom. The summed E-state index contributed by atoms with van der Waals surface area (Å²) in [6, 6.07) is 3.47. The van der Waals surface area contributed by atoms with E-state index in [1.54, 1.807) is 12.1 Å². The Morgan fingerprint density at radius 1 is 1.38 bits per heavy atom. The number of esters is 1. The van der Waals surface area contributed by atoms with Gasteiger partial charge in [0.05, 0.1) is 12.0 Å². The Balaban J connectivity index is 0.000000221. The second kappa shape index (κ2) is 5.62. The summed E-state index contributed by atoms with van der Waals surface area (Å²) < 4.78 is 6.07. The summed E-state index contributed by atoms with van der Waals surface area (Å²) in [5.74, 6) is -0.245. The summed E-state index contributed by atoms with van der Waals surface area (Å²) in [5.41, 5.74) is 0. The summed E-state index contributed by atoms with van der Waals surface area (Å²) >= 11 is 2.70. The van der Waals surface area contributed by atoms with Crippen LogP contribution in [0.4, 0.5) is 0 Å². The van der Waals surface area contributed by atoms with Gasteiger partial charge >= 0.3 is 5.97 Å². The van der Waals surface area contributed by atoms with Gasteiger partial charge in [-0.3, -0.25) is 9.59 Å². The van der Waals surface area contributed by atoms with Crippen LogP contribution in [0.15, 0.2) is 12.1 Å². The van der Waals surface area contributed by atoms with E-state index in [1.807, 2.05) is 0 Å². The van der Waals surface area contributed by atoms with Gasteiger partial charge in [0, 0.05) is 22.4 Å². The monoisotopic (exact) mass is 258 g/mol. The van der Waals surface area contributed by atoms with Crippen LogP contribution in [-0.4, -0.2) is 24.5 Å². The largest absolute Gasteiger partial charge is 0.499 e. The van der Waals surface area contributed by atoms with Crippen molar-refractivity contribution in [3.05, 3.63) is 17.0 Å². The van der Waals surface area contributed by atoms with Crippen molar-refractivity contribution < 1.29 is 19.4 Å². The predicted molar refractivity (Wildman–Crippen MR) is 64.4 cm³/mol. The third kappa shape index (κ3) is 3.32. The number of carbonyl (C=O) groups excluding carboxylic acids is 2. The van der Waals surface area contributed by atoms with Crippen LogP contribution in [-0.2, 0) is 9.53 Å². The molecule has 0 aliphatic rings. The van der Waals surface area contributed by atoms with Gasteiger partial charge in [-0.1, -0.05) is 11.3 Å². The van der Waals surface area contributed by atoms with Crippen LogP contribution >= 0.6 is 22.7 Å². The molecule has 2 rings (SSSR count). The lowest BCUT2D eigenvalue weighted by Crippen LogP contribution is -1.88. The average Bonchev–Trinajstić information content (AvgIpc) is 2.75. The van der Waals surface area contributed by atoms with Crippen LogP contribution in [0.2, 0.25) is 0 Å². The Hall–Kier alpha value is -1.40. The number of methoxy groups -OCH3 is 1. The Morgan fingerprint density at radius 2 is 1.94 bits per heavy atom. The minimum atomic E-state index is -0.245. The normalized spacial score (nSPS) is 9.38. The molecule has 0 radical (unpaired) electrons. The number of hydrogen-bond donors (Lipinski definition) is 1. The predicted octanol–water partition coefficient (Wildman–Crippen LogP) is 2.66. The molecule has 0 amide bonds. The maximum Gasteiger partial charge on any atom is 0.302 e. The van der Waals surface area contributed by atoms with Gasteiger partial charge < -0.3 is 9.84 Å². The van der Waals surface area contributed by atoms with Gasteiger partial charge in [-0.15, -0.1) is 11.3 Å². The highest BCUT2D eigenvalue weighted by Crippen LogP contribution is 2.35. The molecule has 2 heterocycles. The van der Waals surface area contributed by atoms with Gasteiger partial charge in [0.15, 0.2) is 11.3 Å². The molecular formula is C10H10O4S2. The van der Waals surface area contributed by atoms with Gasteiger partial charge in [0.1, 0.15) is 0 Å². The van der Waals surface area contributed by atoms with Crippen LogP contribution < -0.4 is 0 Å². The van der Waals surface area contributed by atoms with Crippen molar-refractivity contribution in [1.29, 1.82) is 0 Å². The first-order valence-electron chi connectivity index (χ1n) is 4.29. The number of rotatable bonds is 1. The van der Waals surface area contributed by atoms with Crippen molar-refractivity contribution in [2.24, 2.45) is 0 Å². The first kappa shape index (κ1) is 12.7. The third-order valence-corrected chi connectivity index (χ3v) is 3.64. The third-order valence-electron chi connectivity index (χ3n) is 1.62. The highest BCUT2D eigenvalue weighted by atomic mass is 32.1. The molecule has 0 saturated carbocycles. The van der Waals surface area contributed by atoms with Crippen molar-refractivity contribution in [2.75, 3.05) is 7.11 Å². The molecule has 16 heavy (non-hydrogen) atoms. The van der Waals surface area contributed by atoms with Crippen LogP contribution in [0.1, 0.15) is 16.6 Å². The molecule has 1 N–H and O–H groups in total. The van der Waals surface area contributed by atoms with Crippen molar-refractivity contribution in [1.82, 2.24) is 0 Å². The zero-order valence-electron chi connectivity index (χ0n) is 8.72. The van der Waals surface area contributed by atoms with Crippen molar-refractivity contribution in [3.63, 3.8) is 0 Å². The summed E-state index contributed by atoms with van der Waals surface area (Å²) in [6.45, 7) is 1.36. The van der Waals surface area contributed by atoms with Gasteiger partial charge in [0.2, 0.25) is 0 Å². The van der Waals surface area contributed by atoms with E-state index in [4.69, 9.17) is 5.11 Å². The van der Waals surface area contributed by atoms with Crippen LogP contribution in [0.25, 0.3) is 9.40 Å². The van der Waals surface area contributed by atoms with Crippen LogP contribution in [0, 0.1) is 0 Å². The van der Waals surface area contributed by atoms with E-state index in [9.17, 15) is 9.59 Å². The molecule has 0 unspecified atom stereocenters. The molecule has 0 fully saturated rings. The highest BCUT2D eigenvalue weighted by Gasteiger charge is 2.04. The van der Waals surface area contributed by atoms with Crippen molar-refractivity contribution >= 4 is 44.3 Å². The fraction of sp³-hybridized carbons (Fsp3) is 0.200. The number of aldehydes is 1. The molecule has 2 aromatic heterocycles. The van der Waals surface area contributed by atoms with E-state index in [1.165, 1.54) is 36.7 Å². The Labute approximate surface area is 100 Å². The molecule has 0 saturated heterocycles. The standard InChI is InChI=1S/C7H4O2S2.C3H6O2/c8-3-4-1-5-6(10-4)2-7(9)11-5;1-3(4)5-2/h1-3,9H;1-2H3. The summed E-state index contributed by atoms with van der Waals surface area (Å²) in [7, 11) is 1.35. The molecule has 0 spiro atoms. The van der Waals surface area contributed by atoms with Gasteiger partial charge in [-0.05, 0) is 6.07 Å². The second-order valence-electron chi connectivity index (χ2n) is 2.78. The molecule has 0 bridgehead atoms. The summed E-state index contributed by atoms with van der Waals surface area (Å²) in [5, 5.41) is 9.35. The zero-order valence-corrected chi connectivity index (χ0v) is 10.4. The average molecular weight is 258 g/mol. The maximum absolute atomic E-state index is 10.3. The molecule has 2 aromatic rings. The fourth-order valence-corrected chi connectivity index (χ4v) is 2.86. The van der Waals surface area contributed by atoms with E-state index < -0.39 is 0 Å². The topological polar surface area (TPSA) is 63.6 Å². The van der Waals surface area contributed by atoms with Gasteiger partial charge in [0.25, 0.3) is 0 Å². The van der Waals surface area contributed by atoms with E-state index >= 15 is 0 Å². The molecule has 0 atom stereocenters. The van der Waals surface area contributed by atoms with E-state index in [0.717, 1.165) is 15.7 Å². The van der Waals surface area contributed by atoms with E-state index in [0.29, 0.717) is 9.94 Å². The Bertz CT molecular complexity index is 466. The van der Waals surface area contributed by atoms with Crippen molar-refractivity contribution in [3.8, 4) is 5.06 Å². The number of ether oxygens (including phenoxy) is 1. The lowest BCUT2D eigenvalue weighted by molar-refractivity contribution is -0.137. The number of thiophene rings is 2. The molecule has 86 valence electrons. The van der Waals surface area contributed by atoms with E-state index in [2.05, 4.69) is 4.74 Å². The Kier molecular flexibility index (Phi) is 4.45. The maximum atomic E-state index is 10.3. The lowest BCUT2D eigenvalue weighted by Gasteiger charge is -1.80. The quantitative estimate of drug-likeness (QED) is 0.631. The number of carbonyl (C=O) groups is 2. The zero-order chi connectivity index (χ0) is 12.1. The molecule has 0 aliphatic heterocycles. The lowest BCUT2D eigenvalue weighted by atomic mass is 10.5. The number of aromatic hydroxyl groups is 1. The van der Waals surface area contributed by atoms with Gasteiger partial charge in [-0.2, -0.15) is 0 Å². The molecule has 0 aromatic carbocycles. The van der Waals surface area contributed by atoms with Crippen molar-refractivity contribution in [2.45, 2.75) is 6.92 Å². The number of hydrogen-bond acceptors (Lipinski definition) is 6. The number of fused-ring (bicyclic) bond motifs is 1. The molecule has 4 nitrogen and oxygen atoms in total.